The molecule has 0 saturated heterocycles. The third-order valence-corrected chi connectivity index (χ3v) is 2.88. The number of nitrogens with zero attached hydrogens (tertiary/aromatic N) is 2. The number of aryl methyl sites for hydroxylation is 2. The maximum absolute atomic E-state index is 12.0. The third kappa shape index (κ3) is 7.06. The monoisotopic (exact) mass is 266 g/mol. The van der Waals surface area contributed by atoms with Gasteiger partial charge in [0.05, 0.1) is 13.6 Å². The molecule has 17 heavy (non-hydrogen) atoms. The van der Waals surface area contributed by atoms with Gasteiger partial charge in [0.1, 0.15) is 22.5 Å². The molecule has 7 heteroatoms. The van der Waals surface area contributed by atoms with E-state index in [1.807, 2.05) is 17.8 Å². The van der Waals surface area contributed by atoms with Gasteiger partial charge < -0.3 is 4.55 Å². The zero-order valence-electron chi connectivity index (χ0n) is 10.3. The van der Waals surface area contributed by atoms with E-state index in [0.29, 0.717) is 6.42 Å². The second-order valence-corrected chi connectivity index (χ2v) is 5.10. The van der Waals surface area contributed by atoms with Crippen molar-refractivity contribution in [3.63, 3.8) is 0 Å². The highest BCUT2D eigenvalue weighted by molar-refractivity contribution is 7.86. The molecular weight excluding hydrogens is 247 g/mol. The summed E-state index contributed by atoms with van der Waals surface area (Å²) < 4.78 is 45.5. The molecule has 0 saturated carbocycles. The second kappa shape index (κ2) is 7.39. The summed E-state index contributed by atoms with van der Waals surface area (Å²) in [6.07, 6.45) is 6.30. The Morgan fingerprint density at radius 2 is 2.06 bits per heavy atom. The van der Waals surface area contributed by atoms with Crippen molar-refractivity contribution in [3.05, 3.63) is 18.7 Å². The molecule has 1 aromatic heterocycles. The maximum Gasteiger partial charge on any atom is 0.243 e. The minimum atomic E-state index is -4.68. The molecule has 0 amide bonds. The molecule has 1 rings (SSSR count). The lowest BCUT2D eigenvalue weighted by Gasteiger charge is -2.10. The third-order valence-electron chi connectivity index (χ3n) is 2.02. The predicted octanol–water partition coefficient (Wildman–Crippen LogP) is 0.960. The molecule has 1 aromatic rings. The van der Waals surface area contributed by atoms with Crippen molar-refractivity contribution >= 4 is 10.1 Å². The average molecular weight is 266 g/mol. The Balaban J connectivity index is 0.000000302. The first-order chi connectivity index (χ1) is 7.81. The number of hydrogen-bond donors (Lipinski definition) is 0. The molecule has 0 aromatic carbocycles. The van der Waals surface area contributed by atoms with Gasteiger partial charge in [-0.2, -0.15) is 0 Å². The molecule has 1 heterocycles. The van der Waals surface area contributed by atoms with Crippen LogP contribution in [0.5, 0.6) is 0 Å². The van der Waals surface area contributed by atoms with Crippen LogP contribution in [0.4, 0.5) is 4.39 Å². The van der Waals surface area contributed by atoms with Gasteiger partial charge in [-0.3, -0.25) is 0 Å². The van der Waals surface area contributed by atoms with Gasteiger partial charge >= 0.3 is 0 Å². The number of aromatic nitrogens is 2. The first-order valence-corrected chi connectivity index (χ1v) is 6.88. The topological polar surface area (TPSA) is 66.0 Å². The van der Waals surface area contributed by atoms with Crippen LogP contribution in [0, 0.1) is 0 Å². The van der Waals surface area contributed by atoms with E-state index < -0.39 is 15.6 Å². The fourth-order valence-corrected chi connectivity index (χ4v) is 1.58. The molecule has 0 aliphatic rings. The summed E-state index contributed by atoms with van der Waals surface area (Å²) in [4.78, 5) is 0. The van der Waals surface area contributed by atoms with E-state index >= 15 is 0 Å². The van der Waals surface area contributed by atoms with E-state index in [2.05, 4.69) is 24.0 Å². The SMILES string of the molecule is CCCC(F)S(=O)(=O)[O-].CCn1cc[n+](C)c1. The summed E-state index contributed by atoms with van der Waals surface area (Å²) in [7, 11) is -2.66. The Hall–Kier alpha value is -0.950. The molecule has 1 unspecified atom stereocenters. The Labute approximate surface area is 102 Å². The van der Waals surface area contributed by atoms with E-state index in [0.717, 1.165) is 6.54 Å². The zero-order valence-corrected chi connectivity index (χ0v) is 11.2. The van der Waals surface area contributed by atoms with Crippen LogP contribution < -0.4 is 4.57 Å². The molecule has 0 N–H and O–H groups in total. The maximum atomic E-state index is 12.0. The van der Waals surface area contributed by atoms with E-state index in [9.17, 15) is 17.4 Å². The Morgan fingerprint density at radius 1 is 1.47 bits per heavy atom. The Bertz CT molecular complexity index is 417. The van der Waals surface area contributed by atoms with Crippen LogP contribution in [0.25, 0.3) is 0 Å². The molecule has 5 nitrogen and oxygen atoms in total. The van der Waals surface area contributed by atoms with E-state index in [4.69, 9.17) is 0 Å². The second-order valence-electron chi connectivity index (χ2n) is 3.60. The van der Waals surface area contributed by atoms with Gasteiger partial charge in [-0.1, -0.05) is 13.3 Å². The lowest BCUT2D eigenvalue weighted by molar-refractivity contribution is -0.671. The summed E-state index contributed by atoms with van der Waals surface area (Å²) >= 11 is 0. The highest BCUT2D eigenvalue weighted by Crippen LogP contribution is 2.06. The molecule has 0 fully saturated rings. The van der Waals surface area contributed by atoms with Crippen molar-refractivity contribution in [2.75, 3.05) is 0 Å². The number of rotatable bonds is 4. The molecular formula is C10H19FN2O3S. The molecule has 0 radical (unpaired) electrons. The summed E-state index contributed by atoms with van der Waals surface area (Å²) in [5.74, 6) is 0. The first kappa shape index (κ1) is 16.1. The van der Waals surface area contributed by atoms with Crippen molar-refractivity contribution in [1.29, 1.82) is 0 Å². The normalized spacial score (nSPS) is 12.8. The van der Waals surface area contributed by atoms with Gasteiger partial charge in [0.15, 0.2) is 5.50 Å². The van der Waals surface area contributed by atoms with Gasteiger partial charge in [-0.15, -0.1) is 0 Å². The Kier molecular flexibility index (Phi) is 6.98. The van der Waals surface area contributed by atoms with Crippen LogP contribution in [-0.4, -0.2) is 23.0 Å². The molecule has 0 bridgehead atoms. The van der Waals surface area contributed by atoms with Crippen LogP contribution in [0.1, 0.15) is 26.7 Å². The predicted molar refractivity (Wildman–Crippen MR) is 60.8 cm³/mol. The number of alkyl halides is 1. The van der Waals surface area contributed by atoms with Gasteiger partial charge in [0.2, 0.25) is 6.33 Å². The lowest BCUT2D eigenvalue weighted by Crippen LogP contribution is -2.23. The molecule has 0 aliphatic heterocycles. The van der Waals surface area contributed by atoms with Crippen LogP contribution in [-0.2, 0) is 23.7 Å². The number of imidazole rings is 1. The van der Waals surface area contributed by atoms with Crippen LogP contribution >= 0.6 is 0 Å². The van der Waals surface area contributed by atoms with Crippen LogP contribution in [0.3, 0.4) is 0 Å². The standard InChI is InChI=1S/C6H11N2.C4H9FO3S/c1-3-8-5-4-7(2)6-8;1-2-3-4(5)9(6,7)8/h4-6H,3H2,1-2H3;4H,2-3H2,1H3,(H,6,7,8)/q+1;/p-1. The molecule has 100 valence electrons. The summed E-state index contributed by atoms with van der Waals surface area (Å²) in [5, 5.41) is 0. The van der Waals surface area contributed by atoms with Crippen LogP contribution in [0.15, 0.2) is 18.7 Å². The summed E-state index contributed by atoms with van der Waals surface area (Å²) in [5.41, 5.74) is -2.22. The highest BCUT2D eigenvalue weighted by atomic mass is 32.2. The van der Waals surface area contributed by atoms with Gasteiger partial charge in [-0.25, -0.2) is 21.9 Å². The zero-order chi connectivity index (χ0) is 13.5. The summed E-state index contributed by atoms with van der Waals surface area (Å²) in [6, 6.07) is 0. The van der Waals surface area contributed by atoms with E-state index in [-0.39, 0.29) is 6.42 Å². The minimum Gasteiger partial charge on any atom is -0.746 e. The number of hydrogen-bond acceptors (Lipinski definition) is 3. The van der Waals surface area contributed by atoms with Crippen molar-refractivity contribution in [3.8, 4) is 0 Å². The molecule has 0 aliphatic carbocycles. The fraction of sp³-hybridized carbons (Fsp3) is 0.700. The molecule has 1 atom stereocenters. The first-order valence-electron chi connectivity index (χ1n) is 5.41. The van der Waals surface area contributed by atoms with Gasteiger partial charge in [-0.05, 0) is 13.3 Å². The van der Waals surface area contributed by atoms with Gasteiger partial charge in [0.25, 0.3) is 0 Å². The highest BCUT2D eigenvalue weighted by Gasteiger charge is 2.11. The minimum absolute atomic E-state index is 0.203. The van der Waals surface area contributed by atoms with Crippen molar-refractivity contribution in [2.24, 2.45) is 7.05 Å². The molecule has 0 spiro atoms. The quantitative estimate of drug-likeness (QED) is 0.602. The average Bonchev–Trinajstić information content (AvgIpc) is 2.64. The van der Waals surface area contributed by atoms with Crippen molar-refractivity contribution in [2.45, 2.75) is 38.7 Å². The lowest BCUT2D eigenvalue weighted by atomic mass is 10.4. The smallest absolute Gasteiger partial charge is 0.243 e. The van der Waals surface area contributed by atoms with Crippen molar-refractivity contribution in [1.82, 2.24) is 4.57 Å². The van der Waals surface area contributed by atoms with Gasteiger partial charge in [0, 0.05) is 0 Å². The summed E-state index contributed by atoms with van der Waals surface area (Å²) in [6.45, 7) is 4.79. The number of halogens is 1. The largest absolute Gasteiger partial charge is 0.746 e. The van der Waals surface area contributed by atoms with Crippen molar-refractivity contribution < 1.29 is 21.9 Å². The van der Waals surface area contributed by atoms with E-state index in [1.165, 1.54) is 0 Å². The van der Waals surface area contributed by atoms with Crippen LogP contribution in [0.2, 0.25) is 0 Å². The Morgan fingerprint density at radius 3 is 2.24 bits per heavy atom. The fourth-order valence-electron chi connectivity index (χ4n) is 1.06. The van der Waals surface area contributed by atoms with E-state index in [1.54, 1.807) is 6.92 Å².